The SMILES string of the molecule is CC1(C(=O)NCC2(CO)CCOCC2)CCCCO1. The Morgan fingerprint density at radius 2 is 1.95 bits per heavy atom. The summed E-state index contributed by atoms with van der Waals surface area (Å²) in [5.74, 6) is -0.0495. The van der Waals surface area contributed by atoms with Crippen LogP contribution < -0.4 is 5.32 Å². The Morgan fingerprint density at radius 3 is 2.53 bits per heavy atom. The van der Waals surface area contributed by atoms with Gasteiger partial charge in [-0.05, 0) is 39.0 Å². The van der Waals surface area contributed by atoms with Crippen LogP contribution in [-0.4, -0.2) is 49.6 Å². The van der Waals surface area contributed by atoms with Gasteiger partial charge in [0.05, 0.1) is 6.61 Å². The fourth-order valence-electron chi connectivity index (χ4n) is 2.76. The molecule has 0 saturated carbocycles. The van der Waals surface area contributed by atoms with Crippen molar-refractivity contribution in [2.75, 3.05) is 33.0 Å². The van der Waals surface area contributed by atoms with Gasteiger partial charge in [-0.25, -0.2) is 0 Å². The molecule has 2 aliphatic heterocycles. The summed E-state index contributed by atoms with van der Waals surface area (Å²) < 4.78 is 11.0. The Labute approximate surface area is 114 Å². The molecule has 19 heavy (non-hydrogen) atoms. The molecule has 2 N–H and O–H groups in total. The maximum atomic E-state index is 12.3. The lowest BCUT2D eigenvalue weighted by Crippen LogP contribution is -2.52. The van der Waals surface area contributed by atoms with Gasteiger partial charge in [-0.2, -0.15) is 0 Å². The van der Waals surface area contributed by atoms with E-state index < -0.39 is 5.60 Å². The van der Waals surface area contributed by atoms with Crippen molar-refractivity contribution in [1.29, 1.82) is 0 Å². The highest BCUT2D eigenvalue weighted by Gasteiger charge is 2.38. The number of hydrogen-bond donors (Lipinski definition) is 2. The van der Waals surface area contributed by atoms with Crippen LogP contribution >= 0.6 is 0 Å². The topological polar surface area (TPSA) is 67.8 Å². The van der Waals surface area contributed by atoms with Crippen molar-refractivity contribution >= 4 is 5.91 Å². The minimum Gasteiger partial charge on any atom is -0.396 e. The molecule has 5 heteroatoms. The first-order valence-corrected chi connectivity index (χ1v) is 7.21. The minimum atomic E-state index is -0.694. The number of carbonyl (C=O) groups excluding carboxylic acids is 1. The molecule has 5 nitrogen and oxygen atoms in total. The Morgan fingerprint density at radius 1 is 1.21 bits per heavy atom. The van der Waals surface area contributed by atoms with Crippen LogP contribution in [0.4, 0.5) is 0 Å². The van der Waals surface area contributed by atoms with Crippen LogP contribution in [0.2, 0.25) is 0 Å². The summed E-state index contributed by atoms with van der Waals surface area (Å²) in [4.78, 5) is 12.3. The molecular formula is C14H25NO4. The number of aliphatic hydroxyl groups is 1. The molecule has 2 fully saturated rings. The van der Waals surface area contributed by atoms with Gasteiger partial charge in [-0.1, -0.05) is 0 Å². The zero-order valence-electron chi connectivity index (χ0n) is 11.7. The van der Waals surface area contributed by atoms with E-state index in [9.17, 15) is 9.90 Å². The van der Waals surface area contributed by atoms with E-state index in [-0.39, 0.29) is 17.9 Å². The van der Waals surface area contributed by atoms with E-state index in [1.54, 1.807) is 0 Å². The normalized spacial score (nSPS) is 30.8. The molecule has 2 saturated heterocycles. The average Bonchev–Trinajstić information content (AvgIpc) is 2.46. The summed E-state index contributed by atoms with van der Waals surface area (Å²) in [7, 11) is 0. The van der Waals surface area contributed by atoms with Gasteiger partial charge in [0.15, 0.2) is 0 Å². The molecule has 0 aromatic carbocycles. The molecule has 1 amide bonds. The first kappa shape index (κ1) is 14.8. The van der Waals surface area contributed by atoms with Gasteiger partial charge < -0.3 is 19.9 Å². The number of amides is 1. The minimum absolute atomic E-state index is 0.0495. The number of rotatable bonds is 4. The Hall–Kier alpha value is -0.650. The van der Waals surface area contributed by atoms with Crippen LogP contribution in [-0.2, 0) is 14.3 Å². The summed E-state index contributed by atoms with van der Waals surface area (Å²) in [6.07, 6.45) is 4.42. The Kier molecular flexibility index (Phi) is 4.81. The lowest BCUT2D eigenvalue weighted by Gasteiger charge is -2.38. The third kappa shape index (κ3) is 3.46. The lowest BCUT2D eigenvalue weighted by atomic mass is 9.80. The van der Waals surface area contributed by atoms with Crippen molar-refractivity contribution in [3.8, 4) is 0 Å². The van der Waals surface area contributed by atoms with Crippen molar-refractivity contribution in [3.63, 3.8) is 0 Å². The molecule has 0 bridgehead atoms. The average molecular weight is 271 g/mol. The Bertz CT molecular complexity index is 307. The molecule has 1 atom stereocenters. The number of hydrogen-bond acceptors (Lipinski definition) is 4. The molecule has 2 heterocycles. The smallest absolute Gasteiger partial charge is 0.251 e. The molecule has 2 rings (SSSR count). The number of nitrogens with one attached hydrogen (secondary N) is 1. The number of aliphatic hydroxyl groups excluding tert-OH is 1. The molecular weight excluding hydrogens is 246 g/mol. The second kappa shape index (κ2) is 6.20. The van der Waals surface area contributed by atoms with E-state index in [2.05, 4.69) is 5.32 Å². The van der Waals surface area contributed by atoms with Gasteiger partial charge in [-0.15, -0.1) is 0 Å². The molecule has 0 aromatic rings. The maximum Gasteiger partial charge on any atom is 0.251 e. The summed E-state index contributed by atoms with van der Waals surface area (Å²) in [5.41, 5.74) is -0.918. The largest absolute Gasteiger partial charge is 0.396 e. The molecule has 110 valence electrons. The first-order chi connectivity index (χ1) is 9.10. The van der Waals surface area contributed by atoms with Crippen LogP contribution in [0.5, 0.6) is 0 Å². The quantitative estimate of drug-likeness (QED) is 0.795. The Balaban J connectivity index is 1.87. The van der Waals surface area contributed by atoms with Gasteiger partial charge >= 0.3 is 0 Å². The molecule has 0 radical (unpaired) electrons. The molecule has 0 aromatic heterocycles. The number of carbonyl (C=O) groups is 1. The third-order valence-corrected chi connectivity index (χ3v) is 4.46. The fourth-order valence-corrected chi connectivity index (χ4v) is 2.76. The second-order valence-corrected chi connectivity index (χ2v) is 5.99. The highest BCUT2D eigenvalue weighted by Crippen LogP contribution is 2.30. The zero-order chi connectivity index (χ0) is 13.8. The fraction of sp³-hybridized carbons (Fsp3) is 0.929. The predicted octanol–water partition coefficient (Wildman–Crippen LogP) is 0.851. The zero-order valence-corrected chi connectivity index (χ0v) is 11.7. The summed E-state index contributed by atoms with van der Waals surface area (Å²) in [6.45, 7) is 4.42. The van der Waals surface area contributed by atoms with Crippen LogP contribution in [0.25, 0.3) is 0 Å². The van der Waals surface area contributed by atoms with Crippen LogP contribution in [0, 0.1) is 5.41 Å². The van der Waals surface area contributed by atoms with E-state index >= 15 is 0 Å². The van der Waals surface area contributed by atoms with E-state index in [1.807, 2.05) is 6.92 Å². The summed E-state index contributed by atoms with van der Waals surface area (Å²) >= 11 is 0. The monoisotopic (exact) mass is 271 g/mol. The second-order valence-electron chi connectivity index (χ2n) is 5.99. The van der Waals surface area contributed by atoms with Gasteiger partial charge in [0, 0.05) is 31.8 Å². The van der Waals surface area contributed by atoms with E-state index in [4.69, 9.17) is 9.47 Å². The van der Waals surface area contributed by atoms with Crippen molar-refractivity contribution in [2.24, 2.45) is 5.41 Å². The van der Waals surface area contributed by atoms with Gasteiger partial charge in [0.25, 0.3) is 5.91 Å². The highest BCUT2D eigenvalue weighted by molar-refractivity contribution is 5.84. The van der Waals surface area contributed by atoms with Gasteiger partial charge in [0.2, 0.25) is 0 Å². The van der Waals surface area contributed by atoms with Crippen LogP contribution in [0.3, 0.4) is 0 Å². The number of ether oxygens (including phenoxy) is 2. The molecule has 1 unspecified atom stereocenters. The lowest BCUT2D eigenvalue weighted by molar-refractivity contribution is -0.151. The van der Waals surface area contributed by atoms with Gasteiger partial charge in [0.1, 0.15) is 5.60 Å². The third-order valence-electron chi connectivity index (χ3n) is 4.46. The maximum absolute atomic E-state index is 12.3. The molecule has 2 aliphatic rings. The van der Waals surface area contributed by atoms with Crippen LogP contribution in [0.1, 0.15) is 39.0 Å². The van der Waals surface area contributed by atoms with Crippen molar-refractivity contribution in [2.45, 2.75) is 44.6 Å². The molecule has 0 aliphatic carbocycles. The standard InChI is InChI=1S/C14H25NO4/c1-13(4-2-3-7-19-13)12(17)15-10-14(11-16)5-8-18-9-6-14/h16H,2-11H2,1H3,(H,15,17). The highest BCUT2D eigenvalue weighted by atomic mass is 16.5. The van der Waals surface area contributed by atoms with Crippen molar-refractivity contribution in [1.82, 2.24) is 5.32 Å². The van der Waals surface area contributed by atoms with E-state index in [0.717, 1.165) is 32.1 Å². The van der Waals surface area contributed by atoms with Crippen LogP contribution in [0.15, 0.2) is 0 Å². The van der Waals surface area contributed by atoms with E-state index in [0.29, 0.717) is 26.4 Å². The van der Waals surface area contributed by atoms with E-state index in [1.165, 1.54) is 0 Å². The molecule has 0 spiro atoms. The predicted molar refractivity (Wildman–Crippen MR) is 70.8 cm³/mol. The summed E-state index contributed by atoms with van der Waals surface area (Å²) in [5, 5.41) is 12.6. The summed E-state index contributed by atoms with van der Waals surface area (Å²) in [6, 6.07) is 0. The van der Waals surface area contributed by atoms with Crippen molar-refractivity contribution in [3.05, 3.63) is 0 Å². The van der Waals surface area contributed by atoms with Gasteiger partial charge in [-0.3, -0.25) is 4.79 Å². The van der Waals surface area contributed by atoms with Crippen molar-refractivity contribution < 1.29 is 19.4 Å². The first-order valence-electron chi connectivity index (χ1n) is 7.21.